The van der Waals surface area contributed by atoms with E-state index in [1.54, 1.807) is 0 Å². The molecule has 0 atom stereocenters. The summed E-state index contributed by atoms with van der Waals surface area (Å²) in [5.41, 5.74) is 0. The SMILES string of the molecule is N#CCN1CCC(NC(=O)OC2CCCC2)CC1. The lowest BCUT2D eigenvalue weighted by molar-refractivity contribution is 0.0935. The fourth-order valence-corrected chi connectivity index (χ4v) is 2.69. The molecule has 18 heavy (non-hydrogen) atoms. The molecule has 5 nitrogen and oxygen atoms in total. The van der Waals surface area contributed by atoms with Gasteiger partial charge in [0.1, 0.15) is 6.10 Å². The molecule has 0 unspecified atom stereocenters. The van der Waals surface area contributed by atoms with Gasteiger partial charge in [-0.3, -0.25) is 4.90 Å². The minimum atomic E-state index is -0.263. The minimum absolute atomic E-state index is 0.128. The monoisotopic (exact) mass is 251 g/mol. The van der Waals surface area contributed by atoms with Crippen LogP contribution in [0.15, 0.2) is 0 Å². The van der Waals surface area contributed by atoms with Crippen molar-refractivity contribution in [2.45, 2.75) is 50.7 Å². The molecule has 1 amide bonds. The van der Waals surface area contributed by atoms with E-state index in [0.29, 0.717) is 6.54 Å². The first-order valence-electron chi connectivity index (χ1n) is 6.84. The van der Waals surface area contributed by atoms with Crippen LogP contribution in [0, 0.1) is 11.3 Å². The average molecular weight is 251 g/mol. The Labute approximate surface area is 108 Å². The van der Waals surface area contributed by atoms with Crippen molar-refractivity contribution in [1.29, 1.82) is 5.26 Å². The van der Waals surface area contributed by atoms with Crippen LogP contribution in [0.25, 0.3) is 0 Å². The zero-order chi connectivity index (χ0) is 12.8. The summed E-state index contributed by atoms with van der Waals surface area (Å²) in [5, 5.41) is 11.5. The number of rotatable bonds is 3. The Morgan fingerprint density at radius 1 is 1.28 bits per heavy atom. The topological polar surface area (TPSA) is 65.4 Å². The van der Waals surface area contributed by atoms with Gasteiger partial charge in [-0.1, -0.05) is 0 Å². The number of hydrogen-bond donors (Lipinski definition) is 1. The molecule has 1 heterocycles. The Morgan fingerprint density at radius 2 is 1.94 bits per heavy atom. The second-order valence-electron chi connectivity index (χ2n) is 5.16. The molecule has 0 spiro atoms. The maximum atomic E-state index is 11.7. The number of nitrogens with zero attached hydrogens (tertiary/aromatic N) is 2. The Balaban J connectivity index is 1.64. The lowest BCUT2D eigenvalue weighted by Crippen LogP contribution is -2.45. The predicted octanol–water partition coefficient (Wildman–Crippen LogP) is 1.64. The van der Waals surface area contributed by atoms with E-state index in [1.807, 2.05) is 0 Å². The largest absolute Gasteiger partial charge is 0.446 e. The number of hydrogen-bond acceptors (Lipinski definition) is 4. The number of amides is 1. The summed E-state index contributed by atoms with van der Waals surface area (Å²) in [4.78, 5) is 13.8. The van der Waals surface area contributed by atoms with Gasteiger partial charge in [-0.05, 0) is 38.5 Å². The third-order valence-electron chi connectivity index (χ3n) is 3.78. The normalized spacial score (nSPS) is 22.6. The Morgan fingerprint density at radius 3 is 2.56 bits per heavy atom. The summed E-state index contributed by atoms with van der Waals surface area (Å²) in [6, 6.07) is 2.36. The highest BCUT2D eigenvalue weighted by atomic mass is 16.6. The number of ether oxygens (including phenoxy) is 1. The van der Waals surface area contributed by atoms with Crippen molar-refractivity contribution in [2.75, 3.05) is 19.6 Å². The smallest absolute Gasteiger partial charge is 0.407 e. The lowest BCUT2D eigenvalue weighted by Gasteiger charge is -2.30. The molecular weight excluding hydrogens is 230 g/mol. The minimum Gasteiger partial charge on any atom is -0.446 e. The van der Waals surface area contributed by atoms with Crippen LogP contribution in [0.5, 0.6) is 0 Å². The van der Waals surface area contributed by atoms with Gasteiger partial charge in [0.15, 0.2) is 0 Å². The van der Waals surface area contributed by atoms with E-state index in [2.05, 4.69) is 16.3 Å². The van der Waals surface area contributed by atoms with Crippen LogP contribution < -0.4 is 5.32 Å². The first kappa shape index (κ1) is 13.2. The van der Waals surface area contributed by atoms with E-state index in [0.717, 1.165) is 38.8 Å². The molecule has 1 N–H and O–H groups in total. The van der Waals surface area contributed by atoms with Crippen molar-refractivity contribution in [1.82, 2.24) is 10.2 Å². The summed E-state index contributed by atoms with van der Waals surface area (Å²) < 4.78 is 5.37. The van der Waals surface area contributed by atoms with Crippen molar-refractivity contribution in [2.24, 2.45) is 0 Å². The fourth-order valence-electron chi connectivity index (χ4n) is 2.69. The average Bonchev–Trinajstić information content (AvgIpc) is 2.84. The molecule has 0 aromatic carbocycles. The first-order chi connectivity index (χ1) is 8.78. The molecular formula is C13H21N3O2. The summed E-state index contributed by atoms with van der Waals surface area (Å²) in [5.74, 6) is 0. The summed E-state index contributed by atoms with van der Waals surface area (Å²) >= 11 is 0. The van der Waals surface area contributed by atoms with Gasteiger partial charge in [0.2, 0.25) is 0 Å². The van der Waals surface area contributed by atoms with Gasteiger partial charge in [-0.25, -0.2) is 4.79 Å². The first-order valence-corrected chi connectivity index (χ1v) is 6.84. The molecule has 2 rings (SSSR count). The maximum Gasteiger partial charge on any atom is 0.407 e. The van der Waals surface area contributed by atoms with Gasteiger partial charge in [0, 0.05) is 19.1 Å². The molecule has 1 aliphatic carbocycles. The van der Waals surface area contributed by atoms with Crippen LogP contribution in [0.1, 0.15) is 38.5 Å². The molecule has 0 bridgehead atoms. The zero-order valence-corrected chi connectivity index (χ0v) is 10.7. The Bertz CT molecular complexity index is 313. The lowest BCUT2D eigenvalue weighted by atomic mass is 10.1. The molecule has 1 saturated carbocycles. The molecule has 1 aliphatic heterocycles. The van der Waals surface area contributed by atoms with Crippen molar-refractivity contribution in [3.63, 3.8) is 0 Å². The Kier molecular flexibility index (Phi) is 4.82. The van der Waals surface area contributed by atoms with Crippen molar-refractivity contribution < 1.29 is 9.53 Å². The van der Waals surface area contributed by atoms with Crippen molar-refractivity contribution in [3.05, 3.63) is 0 Å². The van der Waals surface area contributed by atoms with Crippen LogP contribution in [-0.4, -0.2) is 42.8 Å². The molecule has 0 aromatic rings. The van der Waals surface area contributed by atoms with Crippen LogP contribution in [-0.2, 0) is 4.74 Å². The number of carbonyl (C=O) groups excluding carboxylic acids is 1. The predicted molar refractivity (Wildman–Crippen MR) is 66.9 cm³/mol. The number of nitrogens with one attached hydrogen (secondary N) is 1. The highest BCUT2D eigenvalue weighted by Gasteiger charge is 2.23. The van der Waals surface area contributed by atoms with E-state index >= 15 is 0 Å². The zero-order valence-electron chi connectivity index (χ0n) is 10.7. The molecule has 0 aromatic heterocycles. The fraction of sp³-hybridized carbons (Fsp3) is 0.846. The van der Waals surface area contributed by atoms with Gasteiger partial charge in [0.05, 0.1) is 12.6 Å². The van der Waals surface area contributed by atoms with Crippen LogP contribution in [0.4, 0.5) is 4.79 Å². The van der Waals surface area contributed by atoms with Gasteiger partial charge >= 0.3 is 6.09 Å². The second-order valence-corrected chi connectivity index (χ2v) is 5.16. The Hall–Kier alpha value is -1.28. The summed E-state index contributed by atoms with van der Waals surface area (Å²) in [6.07, 6.45) is 6.03. The van der Waals surface area contributed by atoms with Gasteiger partial charge in [-0.15, -0.1) is 0 Å². The number of piperidine rings is 1. The summed E-state index contributed by atoms with van der Waals surface area (Å²) in [6.45, 7) is 2.24. The molecule has 2 fully saturated rings. The molecule has 5 heteroatoms. The number of carbonyl (C=O) groups is 1. The highest BCUT2D eigenvalue weighted by Crippen LogP contribution is 2.21. The quantitative estimate of drug-likeness (QED) is 0.774. The highest BCUT2D eigenvalue weighted by molar-refractivity contribution is 5.67. The number of alkyl carbamates (subject to hydrolysis) is 1. The van der Waals surface area contributed by atoms with E-state index in [9.17, 15) is 4.79 Å². The van der Waals surface area contributed by atoms with E-state index < -0.39 is 0 Å². The standard InChI is InChI=1S/C13H21N3O2/c14-7-10-16-8-5-11(6-9-16)15-13(17)18-12-3-1-2-4-12/h11-12H,1-6,8-10H2,(H,15,17). The number of likely N-dealkylation sites (tertiary alicyclic amines) is 1. The van der Waals surface area contributed by atoms with E-state index in [4.69, 9.17) is 10.00 Å². The number of nitriles is 1. The van der Waals surface area contributed by atoms with Gasteiger partial charge in [-0.2, -0.15) is 5.26 Å². The second kappa shape index (κ2) is 6.60. The third-order valence-corrected chi connectivity index (χ3v) is 3.78. The van der Waals surface area contributed by atoms with Crippen molar-refractivity contribution >= 4 is 6.09 Å². The van der Waals surface area contributed by atoms with Gasteiger partial charge in [0.25, 0.3) is 0 Å². The molecule has 0 radical (unpaired) electrons. The van der Waals surface area contributed by atoms with Crippen molar-refractivity contribution in [3.8, 4) is 6.07 Å². The molecule has 100 valence electrons. The van der Waals surface area contributed by atoms with Crippen LogP contribution in [0.3, 0.4) is 0 Å². The summed E-state index contributed by atoms with van der Waals surface area (Å²) in [7, 11) is 0. The van der Waals surface area contributed by atoms with Crippen LogP contribution in [0.2, 0.25) is 0 Å². The van der Waals surface area contributed by atoms with E-state index in [-0.39, 0.29) is 18.2 Å². The third kappa shape index (κ3) is 3.88. The van der Waals surface area contributed by atoms with E-state index in [1.165, 1.54) is 12.8 Å². The van der Waals surface area contributed by atoms with Gasteiger partial charge < -0.3 is 10.1 Å². The molecule has 1 saturated heterocycles. The maximum absolute atomic E-state index is 11.7. The molecule has 2 aliphatic rings. The van der Waals surface area contributed by atoms with Crippen LogP contribution >= 0.6 is 0 Å².